The summed E-state index contributed by atoms with van der Waals surface area (Å²) < 4.78 is 32.0. The first kappa shape index (κ1) is 22.5. The molecule has 2 N–H and O–H groups in total. The molecule has 0 saturated carbocycles. The lowest BCUT2D eigenvalue weighted by atomic mass is 10.1. The van der Waals surface area contributed by atoms with Gasteiger partial charge in [-0.1, -0.05) is 36.4 Å². The second-order valence-corrected chi connectivity index (χ2v) is 9.01. The first-order valence-electron chi connectivity index (χ1n) is 9.80. The predicted molar refractivity (Wildman–Crippen MR) is 118 cm³/mol. The highest BCUT2D eigenvalue weighted by atomic mass is 32.2. The molecule has 1 fully saturated rings. The molecule has 0 unspecified atom stereocenters. The van der Waals surface area contributed by atoms with E-state index in [9.17, 15) is 18.0 Å². The lowest BCUT2D eigenvalue weighted by Gasteiger charge is -2.33. The van der Waals surface area contributed by atoms with Crippen LogP contribution in [-0.2, 0) is 14.8 Å². The molecule has 1 aliphatic rings. The van der Waals surface area contributed by atoms with Gasteiger partial charge in [0.05, 0.1) is 5.56 Å². The van der Waals surface area contributed by atoms with E-state index in [2.05, 4.69) is 0 Å². The van der Waals surface area contributed by atoms with Crippen LogP contribution in [-0.4, -0.2) is 62.2 Å². The topological polar surface area (TPSA) is 110 Å². The van der Waals surface area contributed by atoms with Crippen LogP contribution in [0, 0.1) is 6.92 Å². The maximum absolute atomic E-state index is 12.5. The van der Waals surface area contributed by atoms with E-state index in [-0.39, 0.29) is 50.0 Å². The number of nitrogens with two attached hydrogens (primary N) is 1. The lowest BCUT2D eigenvalue weighted by molar-refractivity contribution is -0.134. The van der Waals surface area contributed by atoms with Gasteiger partial charge in [-0.15, -0.1) is 0 Å². The summed E-state index contributed by atoms with van der Waals surface area (Å²) in [6, 6.07) is 14.1. The molecule has 0 spiro atoms. The van der Waals surface area contributed by atoms with Crippen molar-refractivity contribution in [1.82, 2.24) is 9.21 Å². The molecule has 164 valence electrons. The molecular weight excluding hydrogens is 418 g/mol. The van der Waals surface area contributed by atoms with E-state index >= 15 is 0 Å². The zero-order valence-electron chi connectivity index (χ0n) is 17.2. The number of nitrogens with zero attached hydrogens (tertiary/aromatic N) is 2. The third-order valence-corrected chi connectivity index (χ3v) is 6.50. The summed E-state index contributed by atoms with van der Waals surface area (Å²) in [5.41, 5.74) is 7.22. The Morgan fingerprint density at radius 2 is 1.74 bits per heavy atom. The Hall–Kier alpha value is -3.17. The van der Waals surface area contributed by atoms with Crippen molar-refractivity contribution in [2.75, 3.05) is 32.8 Å². The maximum Gasteiger partial charge on any atom is 0.260 e. The van der Waals surface area contributed by atoms with Crippen LogP contribution in [0.3, 0.4) is 0 Å². The third kappa shape index (κ3) is 5.93. The fraction of sp³-hybridized carbons (Fsp3) is 0.273. The molecule has 0 bridgehead atoms. The number of piperazine rings is 1. The molecule has 2 aromatic rings. The van der Waals surface area contributed by atoms with Gasteiger partial charge in [-0.3, -0.25) is 9.59 Å². The number of rotatable bonds is 7. The fourth-order valence-electron chi connectivity index (χ4n) is 3.19. The van der Waals surface area contributed by atoms with E-state index in [1.165, 1.54) is 9.71 Å². The average Bonchev–Trinajstić information content (AvgIpc) is 2.77. The highest BCUT2D eigenvalue weighted by molar-refractivity contribution is 7.92. The van der Waals surface area contributed by atoms with Gasteiger partial charge in [0.2, 0.25) is 10.0 Å². The summed E-state index contributed by atoms with van der Waals surface area (Å²) in [6.45, 7) is 2.50. The van der Waals surface area contributed by atoms with Crippen LogP contribution in [0.15, 0.2) is 53.9 Å². The minimum Gasteiger partial charge on any atom is -0.483 e. The van der Waals surface area contributed by atoms with E-state index in [4.69, 9.17) is 10.5 Å². The zero-order chi connectivity index (χ0) is 22.4. The molecule has 0 radical (unpaired) electrons. The predicted octanol–water partition coefficient (Wildman–Crippen LogP) is 1.62. The number of carbonyl (C=O) groups is 2. The van der Waals surface area contributed by atoms with Crippen LogP contribution in [0.2, 0.25) is 0 Å². The van der Waals surface area contributed by atoms with Crippen molar-refractivity contribution in [2.24, 2.45) is 5.73 Å². The SMILES string of the molecule is Cc1ccc(C(N)=O)c(OCC(=O)N2CCN(S(=O)(=O)/C=C/c3ccccc3)CC2)c1. The number of amides is 2. The summed E-state index contributed by atoms with van der Waals surface area (Å²) in [4.78, 5) is 25.6. The van der Waals surface area contributed by atoms with Gasteiger partial charge in [0.1, 0.15) is 5.75 Å². The molecule has 1 saturated heterocycles. The molecule has 2 amide bonds. The number of aryl methyl sites for hydroxylation is 1. The summed E-state index contributed by atoms with van der Waals surface area (Å²) in [7, 11) is -3.57. The summed E-state index contributed by atoms with van der Waals surface area (Å²) >= 11 is 0. The number of ether oxygens (including phenoxy) is 1. The minimum atomic E-state index is -3.57. The largest absolute Gasteiger partial charge is 0.483 e. The fourth-order valence-corrected chi connectivity index (χ4v) is 4.36. The van der Waals surface area contributed by atoms with Gasteiger partial charge in [0.15, 0.2) is 6.61 Å². The zero-order valence-corrected chi connectivity index (χ0v) is 18.0. The average molecular weight is 444 g/mol. The molecule has 8 nitrogen and oxygen atoms in total. The van der Waals surface area contributed by atoms with Gasteiger partial charge < -0.3 is 15.4 Å². The van der Waals surface area contributed by atoms with E-state index in [0.29, 0.717) is 0 Å². The van der Waals surface area contributed by atoms with Gasteiger partial charge in [-0.05, 0) is 36.3 Å². The molecule has 2 aromatic carbocycles. The highest BCUT2D eigenvalue weighted by Crippen LogP contribution is 2.20. The molecule has 3 rings (SSSR count). The number of sulfonamides is 1. The van der Waals surface area contributed by atoms with Crippen LogP contribution in [0.25, 0.3) is 6.08 Å². The second kappa shape index (κ2) is 9.76. The smallest absolute Gasteiger partial charge is 0.260 e. The van der Waals surface area contributed by atoms with Gasteiger partial charge >= 0.3 is 0 Å². The maximum atomic E-state index is 12.5. The van der Waals surface area contributed by atoms with Crippen molar-refractivity contribution in [3.8, 4) is 5.75 Å². The third-order valence-electron chi connectivity index (χ3n) is 4.94. The van der Waals surface area contributed by atoms with E-state index in [1.54, 1.807) is 29.2 Å². The second-order valence-electron chi connectivity index (χ2n) is 7.19. The van der Waals surface area contributed by atoms with Crippen molar-refractivity contribution in [3.63, 3.8) is 0 Å². The summed E-state index contributed by atoms with van der Waals surface area (Å²) in [6.07, 6.45) is 1.55. The molecule has 1 aliphatic heterocycles. The first-order chi connectivity index (χ1) is 14.8. The van der Waals surface area contributed by atoms with Crippen LogP contribution in [0.4, 0.5) is 0 Å². The van der Waals surface area contributed by atoms with E-state index < -0.39 is 15.9 Å². The normalized spacial score (nSPS) is 15.2. The number of hydrogen-bond donors (Lipinski definition) is 1. The molecule has 0 atom stereocenters. The van der Waals surface area contributed by atoms with Crippen molar-refractivity contribution in [1.29, 1.82) is 0 Å². The van der Waals surface area contributed by atoms with Gasteiger partial charge in [0, 0.05) is 31.6 Å². The Kier molecular flexibility index (Phi) is 7.09. The standard InChI is InChI=1S/C22H25N3O5S/c1-17-7-8-19(22(23)27)20(15-17)30-16-21(26)24-10-12-25(13-11-24)31(28,29)14-9-18-5-3-2-4-6-18/h2-9,14-15H,10-13,16H2,1H3,(H2,23,27)/b14-9+. The highest BCUT2D eigenvalue weighted by Gasteiger charge is 2.27. The molecular formula is C22H25N3O5S. The van der Waals surface area contributed by atoms with Gasteiger partial charge in [-0.2, -0.15) is 4.31 Å². The molecule has 31 heavy (non-hydrogen) atoms. The Bertz CT molecular complexity index is 1080. The lowest BCUT2D eigenvalue weighted by Crippen LogP contribution is -2.51. The van der Waals surface area contributed by atoms with Crippen molar-refractivity contribution < 1.29 is 22.7 Å². The van der Waals surface area contributed by atoms with Crippen LogP contribution >= 0.6 is 0 Å². The van der Waals surface area contributed by atoms with Crippen LogP contribution in [0.1, 0.15) is 21.5 Å². The van der Waals surface area contributed by atoms with Crippen molar-refractivity contribution in [3.05, 3.63) is 70.6 Å². The Labute approximate surface area is 181 Å². The van der Waals surface area contributed by atoms with Crippen molar-refractivity contribution >= 4 is 27.9 Å². The van der Waals surface area contributed by atoms with Gasteiger partial charge in [-0.25, -0.2) is 8.42 Å². The molecule has 0 aliphatic carbocycles. The van der Waals surface area contributed by atoms with Crippen LogP contribution < -0.4 is 10.5 Å². The molecule has 1 heterocycles. The Balaban J connectivity index is 1.55. The number of benzene rings is 2. The summed E-state index contributed by atoms with van der Waals surface area (Å²) in [5, 5.41) is 1.19. The Morgan fingerprint density at radius 1 is 1.06 bits per heavy atom. The number of hydrogen-bond acceptors (Lipinski definition) is 5. The monoisotopic (exact) mass is 443 g/mol. The molecule has 0 aromatic heterocycles. The van der Waals surface area contributed by atoms with E-state index in [0.717, 1.165) is 11.1 Å². The van der Waals surface area contributed by atoms with Gasteiger partial charge in [0.25, 0.3) is 11.8 Å². The number of primary amides is 1. The quantitative estimate of drug-likeness (QED) is 0.699. The molecule has 9 heteroatoms. The van der Waals surface area contributed by atoms with Crippen LogP contribution in [0.5, 0.6) is 5.75 Å². The van der Waals surface area contributed by atoms with Crippen molar-refractivity contribution in [2.45, 2.75) is 6.92 Å². The minimum absolute atomic E-state index is 0.199. The summed E-state index contributed by atoms with van der Waals surface area (Å²) in [5.74, 6) is -0.660. The van der Waals surface area contributed by atoms with E-state index in [1.807, 2.05) is 37.3 Å². The Morgan fingerprint density at radius 3 is 2.39 bits per heavy atom. The number of carbonyl (C=O) groups excluding carboxylic acids is 2. The first-order valence-corrected chi connectivity index (χ1v) is 11.3.